The molecule has 0 spiro atoms. The van der Waals surface area contributed by atoms with Crippen molar-refractivity contribution in [2.75, 3.05) is 55.8 Å². The minimum Gasteiger partial charge on any atom is -0.497 e. The molecule has 0 unspecified atom stereocenters. The first-order valence-electron chi connectivity index (χ1n) is 10.2. The van der Waals surface area contributed by atoms with Crippen molar-refractivity contribution < 1.29 is 19.1 Å². The van der Waals surface area contributed by atoms with Crippen LogP contribution in [0.2, 0.25) is 0 Å². The molecule has 3 aromatic rings. The van der Waals surface area contributed by atoms with Gasteiger partial charge in [-0.1, -0.05) is 0 Å². The van der Waals surface area contributed by atoms with Crippen LogP contribution in [-0.2, 0) is 4.74 Å². The van der Waals surface area contributed by atoms with Crippen LogP contribution in [0.3, 0.4) is 0 Å². The molecule has 4 rings (SSSR count). The number of piperazine rings is 1. The maximum atomic E-state index is 12.7. The number of anilines is 3. The lowest BCUT2D eigenvalue weighted by atomic mass is 10.2. The molecule has 11 heteroatoms. The van der Waals surface area contributed by atoms with Crippen LogP contribution in [0.25, 0.3) is 10.2 Å². The maximum Gasteiger partial charge on any atom is 0.339 e. The molecule has 0 saturated carbocycles. The average Bonchev–Trinajstić information content (AvgIpc) is 3.23. The lowest BCUT2D eigenvalue weighted by Gasteiger charge is -2.35. The van der Waals surface area contributed by atoms with Gasteiger partial charge in [0.25, 0.3) is 0 Å². The molecule has 1 fully saturated rings. The summed E-state index contributed by atoms with van der Waals surface area (Å²) < 4.78 is 10.3. The molecule has 1 aliphatic heterocycles. The number of carbonyl (C=O) groups excluding carboxylic acids is 2. The van der Waals surface area contributed by atoms with E-state index in [-0.39, 0.29) is 18.6 Å². The van der Waals surface area contributed by atoms with E-state index in [0.29, 0.717) is 53.5 Å². The highest BCUT2D eigenvalue weighted by Crippen LogP contribution is 2.33. The van der Waals surface area contributed by atoms with Gasteiger partial charge < -0.3 is 30.3 Å². The Balaban J connectivity index is 1.48. The van der Waals surface area contributed by atoms with Crippen LogP contribution < -0.4 is 20.7 Å². The van der Waals surface area contributed by atoms with Crippen molar-refractivity contribution in [1.29, 1.82) is 0 Å². The number of hydrogen-bond acceptors (Lipinski definition) is 9. The Kier molecular flexibility index (Phi) is 6.26. The number of thiophene rings is 1. The van der Waals surface area contributed by atoms with Crippen molar-refractivity contribution in [2.24, 2.45) is 0 Å². The van der Waals surface area contributed by atoms with Gasteiger partial charge in [-0.05, 0) is 31.2 Å². The van der Waals surface area contributed by atoms with Crippen LogP contribution in [0.1, 0.15) is 17.3 Å². The Morgan fingerprint density at radius 3 is 2.53 bits per heavy atom. The molecule has 2 aromatic heterocycles. The first-order chi connectivity index (χ1) is 15.5. The molecule has 0 bridgehead atoms. The first-order valence-corrected chi connectivity index (χ1v) is 11.0. The van der Waals surface area contributed by atoms with Gasteiger partial charge in [-0.15, -0.1) is 11.3 Å². The van der Waals surface area contributed by atoms with Gasteiger partial charge in [0.15, 0.2) is 0 Å². The van der Waals surface area contributed by atoms with E-state index in [2.05, 4.69) is 15.3 Å². The molecule has 0 atom stereocenters. The summed E-state index contributed by atoms with van der Waals surface area (Å²) in [6.07, 6.45) is 0. The largest absolute Gasteiger partial charge is 0.497 e. The number of carbonyl (C=O) groups is 2. The maximum absolute atomic E-state index is 12.7. The molecule has 2 amide bonds. The van der Waals surface area contributed by atoms with Crippen LogP contribution in [0.5, 0.6) is 5.75 Å². The topological polar surface area (TPSA) is 123 Å². The van der Waals surface area contributed by atoms with Gasteiger partial charge in [0.05, 0.1) is 24.7 Å². The standard InChI is InChI=1S/C21H24N6O4S/c1-3-31-19(28)15-12-32-18-16(15)17(24-20(22)25-18)26-8-10-27(11-9-26)21(29)23-13-4-6-14(30-2)7-5-13/h4-7,12H,3,8-11H2,1-2H3,(H,23,29)(H2,22,24,25). The van der Waals surface area contributed by atoms with Crippen LogP contribution in [0.15, 0.2) is 29.6 Å². The molecule has 0 aliphatic carbocycles. The fraction of sp³-hybridized carbons (Fsp3) is 0.333. The number of nitrogens with one attached hydrogen (secondary N) is 1. The van der Waals surface area contributed by atoms with Crippen LogP contribution >= 0.6 is 11.3 Å². The second-order valence-corrected chi connectivity index (χ2v) is 7.95. The normalized spacial score (nSPS) is 13.8. The van der Waals surface area contributed by atoms with Crippen molar-refractivity contribution in [3.05, 3.63) is 35.2 Å². The van der Waals surface area contributed by atoms with Crippen LogP contribution in [0, 0.1) is 0 Å². The minimum absolute atomic E-state index is 0.143. The van der Waals surface area contributed by atoms with Gasteiger partial charge in [-0.25, -0.2) is 14.6 Å². The lowest BCUT2D eigenvalue weighted by Crippen LogP contribution is -2.50. The van der Waals surface area contributed by atoms with Crippen LogP contribution in [0.4, 0.5) is 22.2 Å². The molecule has 1 aliphatic rings. The fourth-order valence-corrected chi connectivity index (χ4v) is 4.43. The molecule has 168 valence electrons. The number of amides is 2. The SMILES string of the molecule is CCOC(=O)c1csc2nc(N)nc(N3CCN(C(=O)Nc4ccc(OC)cc4)CC3)c12. The number of urea groups is 1. The van der Waals surface area contributed by atoms with Crippen molar-refractivity contribution in [3.8, 4) is 5.75 Å². The van der Waals surface area contributed by atoms with Gasteiger partial charge in [-0.3, -0.25) is 0 Å². The number of benzene rings is 1. The van der Waals surface area contributed by atoms with E-state index in [9.17, 15) is 9.59 Å². The Labute approximate surface area is 188 Å². The molecular weight excluding hydrogens is 432 g/mol. The summed E-state index contributed by atoms with van der Waals surface area (Å²) in [5, 5.41) is 5.26. The van der Waals surface area contributed by atoms with Gasteiger partial charge in [0.2, 0.25) is 5.95 Å². The number of methoxy groups -OCH3 is 1. The van der Waals surface area contributed by atoms with Gasteiger partial charge >= 0.3 is 12.0 Å². The minimum atomic E-state index is -0.411. The zero-order chi connectivity index (χ0) is 22.7. The summed E-state index contributed by atoms with van der Waals surface area (Å²) in [7, 11) is 1.60. The number of ether oxygens (including phenoxy) is 2. The fourth-order valence-electron chi connectivity index (χ4n) is 3.53. The third-order valence-corrected chi connectivity index (χ3v) is 6.01. The number of hydrogen-bond donors (Lipinski definition) is 2. The Hall–Kier alpha value is -3.60. The summed E-state index contributed by atoms with van der Waals surface area (Å²) in [5.74, 6) is 1.05. The Morgan fingerprint density at radius 2 is 1.88 bits per heavy atom. The predicted molar refractivity (Wildman–Crippen MR) is 124 cm³/mol. The van der Waals surface area contributed by atoms with E-state index in [4.69, 9.17) is 15.2 Å². The highest BCUT2D eigenvalue weighted by molar-refractivity contribution is 7.17. The Morgan fingerprint density at radius 1 is 1.16 bits per heavy atom. The van der Waals surface area contributed by atoms with E-state index in [1.807, 2.05) is 4.90 Å². The summed E-state index contributed by atoms with van der Waals surface area (Å²) in [6.45, 7) is 4.11. The van der Waals surface area contributed by atoms with Crippen molar-refractivity contribution in [3.63, 3.8) is 0 Å². The van der Waals surface area contributed by atoms with E-state index in [1.165, 1.54) is 11.3 Å². The summed E-state index contributed by atoms with van der Waals surface area (Å²) in [6, 6.07) is 6.99. The van der Waals surface area contributed by atoms with E-state index in [0.717, 1.165) is 5.75 Å². The highest BCUT2D eigenvalue weighted by Gasteiger charge is 2.27. The third kappa shape index (κ3) is 4.37. The number of rotatable bonds is 5. The molecule has 32 heavy (non-hydrogen) atoms. The Bertz CT molecular complexity index is 1130. The molecular formula is C21H24N6O4S. The van der Waals surface area contributed by atoms with Crippen molar-refractivity contribution in [1.82, 2.24) is 14.9 Å². The molecule has 1 saturated heterocycles. The second-order valence-electron chi connectivity index (χ2n) is 7.09. The zero-order valence-electron chi connectivity index (χ0n) is 17.8. The number of nitrogens with zero attached hydrogens (tertiary/aromatic N) is 4. The summed E-state index contributed by atoms with van der Waals surface area (Å²) in [4.78, 5) is 38.1. The number of fused-ring (bicyclic) bond motifs is 1. The summed E-state index contributed by atoms with van der Waals surface area (Å²) in [5.41, 5.74) is 7.04. The van der Waals surface area contributed by atoms with Gasteiger partial charge in [0.1, 0.15) is 16.4 Å². The quantitative estimate of drug-likeness (QED) is 0.562. The third-order valence-electron chi connectivity index (χ3n) is 5.13. The second kappa shape index (κ2) is 9.27. The van der Waals surface area contributed by atoms with E-state index in [1.54, 1.807) is 48.6 Å². The number of nitrogens with two attached hydrogens (primary N) is 1. The zero-order valence-corrected chi connectivity index (χ0v) is 18.6. The van der Waals surface area contributed by atoms with Crippen molar-refractivity contribution in [2.45, 2.75) is 6.92 Å². The molecule has 10 nitrogen and oxygen atoms in total. The number of esters is 1. The van der Waals surface area contributed by atoms with E-state index < -0.39 is 5.97 Å². The predicted octanol–water partition coefficient (Wildman–Crippen LogP) is 2.81. The monoisotopic (exact) mass is 456 g/mol. The lowest BCUT2D eigenvalue weighted by molar-refractivity contribution is 0.0529. The van der Waals surface area contributed by atoms with E-state index >= 15 is 0 Å². The first kappa shape index (κ1) is 21.6. The van der Waals surface area contributed by atoms with Crippen LogP contribution in [-0.4, -0.2) is 66.8 Å². The van der Waals surface area contributed by atoms with Gasteiger partial charge in [0, 0.05) is 37.2 Å². The number of aromatic nitrogens is 2. The highest BCUT2D eigenvalue weighted by atomic mass is 32.1. The molecule has 3 N–H and O–H groups in total. The summed E-state index contributed by atoms with van der Waals surface area (Å²) >= 11 is 1.33. The molecule has 3 heterocycles. The average molecular weight is 457 g/mol. The van der Waals surface area contributed by atoms with Gasteiger partial charge in [-0.2, -0.15) is 4.98 Å². The number of nitrogen functional groups attached to an aromatic ring is 1. The molecule has 0 radical (unpaired) electrons. The van der Waals surface area contributed by atoms with Crippen molar-refractivity contribution >= 4 is 51.0 Å². The smallest absolute Gasteiger partial charge is 0.339 e. The molecule has 1 aromatic carbocycles.